The summed E-state index contributed by atoms with van der Waals surface area (Å²) in [6.07, 6.45) is 0. The van der Waals surface area contributed by atoms with Crippen molar-refractivity contribution in [3.8, 4) is 0 Å². The minimum Gasteiger partial charge on any atom is -0.348 e. The quantitative estimate of drug-likeness (QED) is 0.719. The van der Waals surface area contributed by atoms with Gasteiger partial charge in [0.15, 0.2) is 0 Å². The largest absolute Gasteiger partial charge is 0.348 e. The molecule has 0 saturated carbocycles. The minimum atomic E-state index is -0.573. The van der Waals surface area contributed by atoms with Crippen LogP contribution in [0.4, 0.5) is 0 Å². The normalized spacial score (nSPS) is 15.8. The van der Waals surface area contributed by atoms with Crippen molar-refractivity contribution in [2.24, 2.45) is 17.1 Å². The van der Waals surface area contributed by atoms with Crippen LogP contribution in [-0.4, -0.2) is 29.9 Å². The molecule has 120 valence electrons. The number of hydrogen-bond donors (Lipinski definition) is 3. The molecule has 0 rings (SSSR count). The number of amides is 2. The fraction of sp³-hybridized carbons (Fsp3) is 0.857. The number of carbonyl (C=O) groups is 2. The third kappa shape index (κ3) is 6.09. The van der Waals surface area contributed by atoms with Crippen LogP contribution in [0.3, 0.4) is 0 Å². The molecule has 0 aliphatic carbocycles. The summed E-state index contributed by atoms with van der Waals surface area (Å²) in [4.78, 5) is 23.9. The third-order valence-electron chi connectivity index (χ3n) is 3.53. The van der Waals surface area contributed by atoms with Crippen LogP contribution >= 0.6 is 12.4 Å². The Labute approximate surface area is 128 Å². The van der Waals surface area contributed by atoms with Gasteiger partial charge in [-0.05, 0) is 19.8 Å². The number of nitrogens with two attached hydrogens (primary N) is 1. The van der Waals surface area contributed by atoms with E-state index in [1.807, 2.05) is 41.5 Å². The van der Waals surface area contributed by atoms with E-state index >= 15 is 0 Å². The Balaban J connectivity index is 0. The zero-order valence-electron chi connectivity index (χ0n) is 13.7. The maximum Gasteiger partial charge on any atom is 0.242 e. The molecule has 0 saturated heterocycles. The van der Waals surface area contributed by atoms with Gasteiger partial charge < -0.3 is 16.4 Å². The Morgan fingerprint density at radius 3 is 1.85 bits per heavy atom. The average Bonchev–Trinajstić information content (AvgIpc) is 2.26. The monoisotopic (exact) mass is 307 g/mol. The van der Waals surface area contributed by atoms with Crippen LogP contribution in [-0.2, 0) is 9.59 Å². The highest BCUT2D eigenvalue weighted by atomic mass is 35.5. The van der Waals surface area contributed by atoms with E-state index in [1.54, 1.807) is 6.92 Å². The number of hydrogen-bond acceptors (Lipinski definition) is 3. The highest BCUT2D eigenvalue weighted by molar-refractivity contribution is 5.89. The van der Waals surface area contributed by atoms with Crippen molar-refractivity contribution >= 4 is 24.2 Å². The fourth-order valence-corrected chi connectivity index (χ4v) is 1.30. The fourth-order valence-electron chi connectivity index (χ4n) is 1.30. The van der Waals surface area contributed by atoms with E-state index in [0.29, 0.717) is 6.54 Å². The summed E-state index contributed by atoms with van der Waals surface area (Å²) in [7, 11) is 0. The molecule has 0 aliphatic heterocycles. The lowest BCUT2D eigenvalue weighted by Gasteiger charge is -2.35. The van der Waals surface area contributed by atoms with Crippen LogP contribution in [0.1, 0.15) is 48.5 Å². The van der Waals surface area contributed by atoms with Crippen molar-refractivity contribution in [2.45, 2.75) is 60.0 Å². The highest BCUT2D eigenvalue weighted by Gasteiger charge is 2.31. The molecule has 0 bridgehead atoms. The van der Waals surface area contributed by atoms with Crippen molar-refractivity contribution < 1.29 is 9.59 Å². The maximum atomic E-state index is 12.1. The first kappa shape index (κ1) is 21.5. The second kappa shape index (κ2) is 7.84. The molecule has 4 N–H and O–H groups in total. The van der Waals surface area contributed by atoms with Gasteiger partial charge in [-0.3, -0.25) is 9.59 Å². The summed E-state index contributed by atoms with van der Waals surface area (Å²) in [5.74, 6) is -0.139. The molecule has 0 fully saturated rings. The molecule has 0 heterocycles. The number of rotatable bonds is 5. The lowest BCUT2D eigenvalue weighted by molar-refractivity contribution is -0.133. The van der Waals surface area contributed by atoms with E-state index in [0.717, 1.165) is 0 Å². The zero-order chi connectivity index (χ0) is 15.4. The molecule has 0 aromatic carbocycles. The van der Waals surface area contributed by atoms with Gasteiger partial charge in [0, 0.05) is 12.0 Å². The molecule has 2 unspecified atom stereocenters. The predicted octanol–water partition coefficient (Wildman–Crippen LogP) is 1.45. The SMILES string of the molecule is CC(NC(=O)C(C)(C)C)C(=O)NC(C)(CN)C(C)C.Cl. The first-order valence-corrected chi connectivity index (χ1v) is 6.77. The van der Waals surface area contributed by atoms with Crippen LogP contribution in [0.15, 0.2) is 0 Å². The summed E-state index contributed by atoms with van der Waals surface area (Å²) >= 11 is 0. The Morgan fingerprint density at radius 1 is 1.10 bits per heavy atom. The summed E-state index contributed by atoms with van der Waals surface area (Å²) in [6, 6.07) is -0.573. The van der Waals surface area contributed by atoms with Crippen LogP contribution in [0, 0.1) is 11.3 Å². The van der Waals surface area contributed by atoms with Gasteiger partial charge in [-0.15, -0.1) is 12.4 Å². The van der Waals surface area contributed by atoms with E-state index in [4.69, 9.17) is 5.73 Å². The second-order valence-corrected chi connectivity index (χ2v) is 6.71. The van der Waals surface area contributed by atoms with Gasteiger partial charge in [-0.25, -0.2) is 0 Å². The van der Waals surface area contributed by atoms with Crippen LogP contribution in [0.25, 0.3) is 0 Å². The van der Waals surface area contributed by atoms with Gasteiger partial charge >= 0.3 is 0 Å². The first-order chi connectivity index (χ1) is 8.44. The van der Waals surface area contributed by atoms with Crippen molar-refractivity contribution in [1.82, 2.24) is 10.6 Å². The first-order valence-electron chi connectivity index (χ1n) is 6.77. The topological polar surface area (TPSA) is 84.2 Å². The third-order valence-corrected chi connectivity index (χ3v) is 3.53. The van der Waals surface area contributed by atoms with E-state index in [9.17, 15) is 9.59 Å². The molecule has 0 spiro atoms. The second-order valence-electron chi connectivity index (χ2n) is 6.71. The van der Waals surface area contributed by atoms with Gasteiger partial charge in [0.25, 0.3) is 0 Å². The Bertz CT molecular complexity index is 340. The zero-order valence-corrected chi connectivity index (χ0v) is 14.5. The van der Waals surface area contributed by atoms with Crippen LogP contribution < -0.4 is 16.4 Å². The molecule has 5 nitrogen and oxygen atoms in total. The summed E-state index contributed by atoms with van der Waals surface area (Å²) in [6.45, 7) is 13.4. The molecule has 20 heavy (non-hydrogen) atoms. The van der Waals surface area contributed by atoms with Crippen LogP contribution in [0.2, 0.25) is 0 Å². The average molecular weight is 308 g/mol. The lowest BCUT2D eigenvalue weighted by atomic mass is 9.88. The summed E-state index contributed by atoms with van der Waals surface area (Å²) in [5.41, 5.74) is 4.75. The Morgan fingerprint density at radius 2 is 1.55 bits per heavy atom. The van der Waals surface area contributed by atoms with Gasteiger partial charge in [0.1, 0.15) is 6.04 Å². The molecular weight excluding hydrogens is 278 g/mol. The predicted molar refractivity (Wildman–Crippen MR) is 84.7 cm³/mol. The number of carbonyl (C=O) groups excluding carboxylic acids is 2. The molecule has 2 atom stereocenters. The smallest absolute Gasteiger partial charge is 0.242 e. The van der Waals surface area contributed by atoms with Crippen molar-refractivity contribution in [1.29, 1.82) is 0 Å². The van der Waals surface area contributed by atoms with Gasteiger partial charge in [0.05, 0.1) is 5.54 Å². The summed E-state index contributed by atoms with van der Waals surface area (Å²) < 4.78 is 0. The molecular formula is C14H30ClN3O2. The van der Waals surface area contributed by atoms with E-state index in [1.165, 1.54) is 0 Å². The van der Waals surface area contributed by atoms with Crippen molar-refractivity contribution in [3.63, 3.8) is 0 Å². The molecule has 0 aromatic heterocycles. The van der Waals surface area contributed by atoms with Crippen molar-refractivity contribution in [2.75, 3.05) is 6.54 Å². The number of nitrogens with one attached hydrogen (secondary N) is 2. The minimum absolute atomic E-state index is 0. The number of halogens is 1. The molecule has 0 radical (unpaired) electrons. The standard InChI is InChI=1S/C14H29N3O2.ClH/c1-9(2)14(7,8-15)17-11(18)10(3)16-12(19)13(4,5)6;/h9-10H,8,15H2,1-7H3,(H,16,19)(H,17,18);1H. The van der Waals surface area contributed by atoms with Gasteiger partial charge in [0.2, 0.25) is 11.8 Å². The highest BCUT2D eigenvalue weighted by Crippen LogP contribution is 2.16. The lowest BCUT2D eigenvalue weighted by Crippen LogP contribution is -2.59. The van der Waals surface area contributed by atoms with Gasteiger partial charge in [-0.2, -0.15) is 0 Å². The van der Waals surface area contributed by atoms with E-state index in [2.05, 4.69) is 10.6 Å². The van der Waals surface area contributed by atoms with E-state index < -0.39 is 17.0 Å². The summed E-state index contributed by atoms with van der Waals surface area (Å²) in [5, 5.41) is 5.63. The molecule has 0 aliphatic rings. The Hall–Kier alpha value is -0.810. The van der Waals surface area contributed by atoms with Crippen LogP contribution in [0.5, 0.6) is 0 Å². The Kier molecular flexibility index (Phi) is 8.42. The molecule has 0 aromatic rings. The van der Waals surface area contributed by atoms with E-state index in [-0.39, 0.29) is 30.1 Å². The van der Waals surface area contributed by atoms with Gasteiger partial charge in [-0.1, -0.05) is 34.6 Å². The van der Waals surface area contributed by atoms with Crippen molar-refractivity contribution in [3.05, 3.63) is 0 Å². The molecule has 6 heteroatoms. The maximum absolute atomic E-state index is 12.1. The molecule has 2 amide bonds.